The zero-order valence-electron chi connectivity index (χ0n) is 12.2. The number of aliphatic hydroxyl groups is 1. The number of nitrogens with zero attached hydrogens (tertiary/aromatic N) is 1. The first-order chi connectivity index (χ1) is 9.58. The number of rotatable bonds is 2. The van der Waals surface area contributed by atoms with Crippen molar-refractivity contribution in [3.8, 4) is 0 Å². The van der Waals surface area contributed by atoms with E-state index in [2.05, 4.69) is 29.2 Å². The molecule has 0 aromatic carbocycles. The Hall–Kier alpha value is -1.13. The SMILES string of the molecule is CCOC(=O)C12CC3C=CC=CC3C(CN(C)C1)C2O. The van der Waals surface area contributed by atoms with Gasteiger partial charge in [0.05, 0.1) is 12.7 Å². The molecule has 0 radical (unpaired) electrons. The van der Waals surface area contributed by atoms with E-state index in [1.165, 1.54) is 0 Å². The third-order valence-electron chi connectivity index (χ3n) is 5.12. The molecule has 110 valence electrons. The summed E-state index contributed by atoms with van der Waals surface area (Å²) in [6.07, 6.45) is 8.56. The van der Waals surface area contributed by atoms with Gasteiger partial charge in [-0.2, -0.15) is 0 Å². The van der Waals surface area contributed by atoms with Gasteiger partial charge in [0.15, 0.2) is 0 Å². The Bertz CT molecular complexity index is 459. The average Bonchev–Trinajstić information content (AvgIpc) is 2.41. The minimum absolute atomic E-state index is 0.109. The maximum atomic E-state index is 12.5. The standard InChI is InChI=1S/C16H23NO3/c1-3-20-15(19)16-8-11-6-4-5-7-12(11)13(14(16)18)9-17(2)10-16/h4-7,11-14,18H,3,8-10H2,1-2H3. The van der Waals surface area contributed by atoms with Crippen molar-refractivity contribution in [1.29, 1.82) is 0 Å². The van der Waals surface area contributed by atoms with E-state index in [9.17, 15) is 9.90 Å². The molecule has 4 nitrogen and oxygen atoms in total. The number of hydrogen-bond donors (Lipinski definition) is 1. The van der Waals surface area contributed by atoms with E-state index in [0.717, 1.165) is 6.54 Å². The smallest absolute Gasteiger partial charge is 0.316 e. The van der Waals surface area contributed by atoms with Gasteiger partial charge in [0.1, 0.15) is 5.41 Å². The fourth-order valence-corrected chi connectivity index (χ4v) is 4.33. The molecule has 1 saturated heterocycles. The highest BCUT2D eigenvalue weighted by molar-refractivity contribution is 5.78. The van der Waals surface area contributed by atoms with Crippen LogP contribution in [0.3, 0.4) is 0 Å². The van der Waals surface area contributed by atoms with Crippen molar-refractivity contribution in [1.82, 2.24) is 4.90 Å². The largest absolute Gasteiger partial charge is 0.465 e. The Balaban J connectivity index is 1.97. The lowest BCUT2D eigenvalue weighted by molar-refractivity contribution is -0.188. The van der Waals surface area contributed by atoms with Gasteiger partial charge < -0.3 is 14.7 Å². The fourth-order valence-electron chi connectivity index (χ4n) is 4.33. The lowest BCUT2D eigenvalue weighted by atomic mass is 9.55. The Labute approximate surface area is 120 Å². The van der Waals surface area contributed by atoms with Crippen LogP contribution in [0.1, 0.15) is 13.3 Å². The molecule has 1 saturated carbocycles. The van der Waals surface area contributed by atoms with Crippen molar-refractivity contribution < 1.29 is 14.6 Å². The number of allylic oxidation sites excluding steroid dienone is 4. The molecule has 1 N–H and O–H groups in total. The number of hydrogen-bond acceptors (Lipinski definition) is 4. The molecule has 5 atom stereocenters. The highest BCUT2D eigenvalue weighted by Crippen LogP contribution is 2.51. The predicted octanol–water partition coefficient (Wildman–Crippen LogP) is 1.22. The van der Waals surface area contributed by atoms with Crippen molar-refractivity contribution in [3.05, 3.63) is 24.3 Å². The number of aliphatic hydroxyl groups excluding tert-OH is 1. The van der Waals surface area contributed by atoms with E-state index in [1.807, 2.05) is 14.0 Å². The maximum absolute atomic E-state index is 12.5. The van der Waals surface area contributed by atoms with Crippen LogP contribution in [-0.4, -0.2) is 48.8 Å². The minimum Gasteiger partial charge on any atom is -0.465 e. The number of fused-ring (bicyclic) bond motifs is 4. The highest BCUT2D eigenvalue weighted by atomic mass is 16.5. The molecular formula is C16H23NO3. The summed E-state index contributed by atoms with van der Waals surface area (Å²) in [5.74, 6) is 0.551. The van der Waals surface area contributed by atoms with E-state index in [-0.39, 0.29) is 11.9 Å². The molecule has 2 aliphatic carbocycles. The van der Waals surface area contributed by atoms with Crippen LogP contribution in [0.15, 0.2) is 24.3 Å². The number of ether oxygens (including phenoxy) is 1. The average molecular weight is 277 g/mol. The number of esters is 1. The van der Waals surface area contributed by atoms with E-state index in [0.29, 0.717) is 31.4 Å². The Kier molecular flexibility index (Phi) is 3.46. The van der Waals surface area contributed by atoms with Gasteiger partial charge in [-0.15, -0.1) is 0 Å². The van der Waals surface area contributed by atoms with Crippen molar-refractivity contribution in [2.24, 2.45) is 23.2 Å². The van der Waals surface area contributed by atoms with Gasteiger partial charge in [-0.1, -0.05) is 24.3 Å². The monoisotopic (exact) mass is 277 g/mol. The second kappa shape index (κ2) is 5.01. The van der Waals surface area contributed by atoms with Gasteiger partial charge in [0, 0.05) is 19.0 Å². The second-order valence-electron chi connectivity index (χ2n) is 6.40. The quantitative estimate of drug-likeness (QED) is 0.771. The zero-order chi connectivity index (χ0) is 14.3. The van der Waals surface area contributed by atoms with Crippen molar-refractivity contribution >= 4 is 5.97 Å². The molecule has 0 aromatic heterocycles. The second-order valence-corrected chi connectivity index (χ2v) is 6.40. The number of carbonyl (C=O) groups is 1. The van der Waals surface area contributed by atoms with Crippen LogP contribution < -0.4 is 0 Å². The first kappa shape index (κ1) is 13.8. The third kappa shape index (κ3) is 1.93. The molecule has 3 rings (SSSR count). The Morgan fingerprint density at radius 2 is 2.20 bits per heavy atom. The van der Waals surface area contributed by atoms with Gasteiger partial charge in [-0.3, -0.25) is 4.79 Å². The first-order valence-corrected chi connectivity index (χ1v) is 7.47. The molecule has 0 aromatic rings. The molecule has 1 heterocycles. The first-order valence-electron chi connectivity index (χ1n) is 7.47. The molecule has 2 fully saturated rings. The maximum Gasteiger partial charge on any atom is 0.316 e. The van der Waals surface area contributed by atoms with Crippen molar-refractivity contribution in [3.63, 3.8) is 0 Å². The molecule has 1 aliphatic heterocycles. The third-order valence-corrected chi connectivity index (χ3v) is 5.12. The van der Waals surface area contributed by atoms with E-state index in [4.69, 9.17) is 4.74 Å². The van der Waals surface area contributed by atoms with Crippen LogP contribution in [0.4, 0.5) is 0 Å². The van der Waals surface area contributed by atoms with Crippen LogP contribution in [0.25, 0.3) is 0 Å². The number of carbonyl (C=O) groups excluding carboxylic acids is 1. The van der Waals surface area contributed by atoms with Crippen LogP contribution in [0.5, 0.6) is 0 Å². The van der Waals surface area contributed by atoms with Gasteiger partial charge in [-0.25, -0.2) is 0 Å². The van der Waals surface area contributed by atoms with Crippen LogP contribution in [0.2, 0.25) is 0 Å². The van der Waals surface area contributed by atoms with Crippen molar-refractivity contribution in [2.45, 2.75) is 19.4 Å². The summed E-state index contributed by atoms with van der Waals surface area (Å²) >= 11 is 0. The van der Waals surface area contributed by atoms with E-state index < -0.39 is 11.5 Å². The molecular weight excluding hydrogens is 254 g/mol. The fraction of sp³-hybridized carbons (Fsp3) is 0.688. The molecule has 0 amide bonds. The van der Waals surface area contributed by atoms with Crippen molar-refractivity contribution in [2.75, 3.05) is 26.7 Å². The summed E-state index contributed by atoms with van der Waals surface area (Å²) in [4.78, 5) is 14.7. The van der Waals surface area contributed by atoms with Gasteiger partial charge in [0.25, 0.3) is 0 Å². The van der Waals surface area contributed by atoms with Crippen LogP contribution >= 0.6 is 0 Å². The summed E-state index contributed by atoms with van der Waals surface area (Å²) in [6.45, 7) is 3.61. The number of piperidine rings is 1. The number of likely N-dealkylation sites (tertiary alicyclic amines) is 1. The lowest BCUT2D eigenvalue weighted by Crippen LogP contribution is -2.65. The predicted molar refractivity (Wildman–Crippen MR) is 75.9 cm³/mol. The summed E-state index contributed by atoms with van der Waals surface area (Å²) in [5.41, 5.74) is -0.760. The minimum atomic E-state index is -0.760. The summed E-state index contributed by atoms with van der Waals surface area (Å²) in [6, 6.07) is 0. The molecule has 0 spiro atoms. The molecule has 5 unspecified atom stereocenters. The molecule has 4 heteroatoms. The summed E-state index contributed by atoms with van der Waals surface area (Å²) in [7, 11) is 2.02. The van der Waals surface area contributed by atoms with E-state index in [1.54, 1.807) is 0 Å². The highest BCUT2D eigenvalue weighted by Gasteiger charge is 2.59. The van der Waals surface area contributed by atoms with E-state index >= 15 is 0 Å². The Morgan fingerprint density at radius 1 is 1.45 bits per heavy atom. The normalized spacial score (nSPS) is 43.1. The van der Waals surface area contributed by atoms with Gasteiger partial charge in [0.2, 0.25) is 0 Å². The molecule has 2 bridgehead atoms. The van der Waals surface area contributed by atoms with Gasteiger partial charge >= 0.3 is 5.97 Å². The molecule has 3 aliphatic rings. The summed E-state index contributed by atoms with van der Waals surface area (Å²) < 4.78 is 5.29. The Morgan fingerprint density at radius 3 is 2.95 bits per heavy atom. The van der Waals surface area contributed by atoms with Gasteiger partial charge in [-0.05, 0) is 32.2 Å². The topological polar surface area (TPSA) is 49.8 Å². The summed E-state index contributed by atoms with van der Waals surface area (Å²) in [5, 5.41) is 10.8. The zero-order valence-corrected chi connectivity index (χ0v) is 12.2. The molecule has 20 heavy (non-hydrogen) atoms. The lowest BCUT2D eigenvalue weighted by Gasteiger charge is -2.55. The van der Waals surface area contributed by atoms with Crippen LogP contribution in [0, 0.1) is 23.2 Å². The van der Waals surface area contributed by atoms with Crippen LogP contribution in [-0.2, 0) is 9.53 Å².